The number of nitrogens with zero attached hydrogens (tertiary/aromatic N) is 3. The van der Waals surface area contributed by atoms with Crippen LogP contribution in [0.1, 0.15) is 5.56 Å². The van der Waals surface area contributed by atoms with Crippen LogP contribution < -0.4 is 4.72 Å². The molecule has 20 heavy (non-hydrogen) atoms. The van der Waals surface area contributed by atoms with Crippen LogP contribution in [0.15, 0.2) is 33.8 Å². The third kappa shape index (κ3) is 2.95. The molecule has 1 aromatic carbocycles. The van der Waals surface area contributed by atoms with Crippen molar-refractivity contribution in [3.8, 4) is 6.07 Å². The summed E-state index contributed by atoms with van der Waals surface area (Å²) in [7, 11) is -2.24. The molecule has 0 atom stereocenters. The Balaban J connectivity index is 2.41. The van der Waals surface area contributed by atoms with Gasteiger partial charge in [0.2, 0.25) is 0 Å². The number of hydrogen-bond donors (Lipinski definition) is 1. The minimum atomic E-state index is -3.84. The van der Waals surface area contributed by atoms with Crippen molar-refractivity contribution in [3.63, 3.8) is 0 Å². The van der Waals surface area contributed by atoms with E-state index in [1.807, 2.05) is 6.07 Å². The fraction of sp³-hybridized carbons (Fsp3) is 0.0909. The Bertz CT molecular complexity index is 810. The summed E-state index contributed by atoms with van der Waals surface area (Å²) >= 11 is 8.98. The number of nitriles is 1. The first-order valence-corrected chi connectivity index (χ1v) is 7.90. The van der Waals surface area contributed by atoms with Gasteiger partial charge in [0.1, 0.15) is 11.6 Å². The molecule has 1 N–H and O–H groups in total. The molecule has 0 aliphatic rings. The quantitative estimate of drug-likeness (QED) is 0.893. The second kappa shape index (κ2) is 5.44. The van der Waals surface area contributed by atoms with Crippen LogP contribution in [-0.4, -0.2) is 18.2 Å². The van der Waals surface area contributed by atoms with Gasteiger partial charge in [0.15, 0.2) is 5.82 Å². The highest BCUT2D eigenvalue weighted by molar-refractivity contribution is 9.10. The molecule has 0 aliphatic carbocycles. The fourth-order valence-corrected chi connectivity index (χ4v) is 3.17. The van der Waals surface area contributed by atoms with Crippen LogP contribution in [0.3, 0.4) is 0 Å². The zero-order chi connectivity index (χ0) is 14.9. The lowest BCUT2D eigenvalue weighted by atomic mass is 10.4. The first-order chi connectivity index (χ1) is 9.33. The van der Waals surface area contributed by atoms with Crippen LogP contribution in [0.2, 0.25) is 5.02 Å². The second-order valence-corrected chi connectivity index (χ2v) is 6.80. The number of sulfonamides is 1. The number of hydrogen-bond acceptors (Lipinski definition) is 4. The fourth-order valence-electron chi connectivity index (χ4n) is 1.48. The average molecular weight is 376 g/mol. The zero-order valence-electron chi connectivity index (χ0n) is 10.1. The van der Waals surface area contributed by atoms with E-state index >= 15 is 0 Å². The first kappa shape index (κ1) is 14.8. The van der Waals surface area contributed by atoms with Crippen LogP contribution >= 0.6 is 27.5 Å². The Kier molecular flexibility index (Phi) is 4.04. The van der Waals surface area contributed by atoms with Crippen molar-refractivity contribution in [1.29, 1.82) is 5.26 Å². The summed E-state index contributed by atoms with van der Waals surface area (Å²) < 4.78 is 28.5. The van der Waals surface area contributed by atoms with Crippen molar-refractivity contribution in [3.05, 3.63) is 39.5 Å². The van der Waals surface area contributed by atoms with Gasteiger partial charge in [-0.3, -0.25) is 9.40 Å². The van der Waals surface area contributed by atoms with E-state index in [1.54, 1.807) is 7.05 Å². The van der Waals surface area contributed by atoms with E-state index in [1.165, 1.54) is 29.1 Å². The lowest BCUT2D eigenvalue weighted by Crippen LogP contribution is -2.14. The molecule has 1 heterocycles. The summed E-state index contributed by atoms with van der Waals surface area (Å²) in [5.74, 6) is -0.0129. The predicted octanol–water partition coefficient (Wildman–Crippen LogP) is 2.51. The van der Waals surface area contributed by atoms with E-state index in [9.17, 15) is 8.42 Å². The smallest absolute Gasteiger partial charge is 0.263 e. The third-order valence-corrected chi connectivity index (χ3v) is 4.93. The highest BCUT2D eigenvalue weighted by atomic mass is 79.9. The maximum Gasteiger partial charge on any atom is 0.263 e. The van der Waals surface area contributed by atoms with Gasteiger partial charge in [0.05, 0.1) is 9.92 Å². The van der Waals surface area contributed by atoms with E-state index in [0.29, 0.717) is 9.50 Å². The van der Waals surface area contributed by atoms with Crippen molar-refractivity contribution < 1.29 is 8.42 Å². The molecule has 2 rings (SSSR count). The molecule has 0 fully saturated rings. The van der Waals surface area contributed by atoms with Gasteiger partial charge >= 0.3 is 0 Å². The molecule has 0 aliphatic heterocycles. The van der Waals surface area contributed by atoms with E-state index in [-0.39, 0.29) is 16.3 Å². The van der Waals surface area contributed by atoms with Crippen molar-refractivity contribution >= 4 is 43.4 Å². The molecular formula is C11H8BrClN4O2S. The van der Waals surface area contributed by atoms with Gasteiger partial charge in [-0.1, -0.05) is 11.6 Å². The Labute approximate surface area is 129 Å². The van der Waals surface area contributed by atoms with E-state index in [0.717, 1.165) is 0 Å². The Morgan fingerprint density at radius 2 is 2.20 bits per heavy atom. The van der Waals surface area contributed by atoms with E-state index in [4.69, 9.17) is 16.9 Å². The number of aryl methyl sites for hydroxylation is 1. The monoisotopic (exact) mass is 374 g/mol. The number of nitrogens with one attached hydrogen (secondary N) is 1. The summed E-state index contributed by atoms with van der Waals surface area (Å²) in [5.41, 5.74) is 0.143. The number of benzene rings is 1. The Morgan fingerprint density at radius 1 is 1.50 bits per heavy atom. The lowest BCUT2D eigenvalue weighted by Gasteiger charge is -2.07. The summed E-state index contributed by atoms with van der Waals surface area (Å²) in [6.45, 7) is 0. The maximum absolute atomic E-state index is 12.2. The molecule has 9 heteroatoms. The van der Waals surface area contributed by atoms with Gasteiger partial charge in [-0.05, 0) is 34.1 Å². The SMILES string of the molecule is Cn1cc(C#N)c(NS(=O)(=O)c2ccc(Cl)c(Br)c2)n1. The van der Waals surface area contributed by atoms with Crippen LogP contribution in [0.5, 0.6) is 0 Å². The van der Waals surface area contributed by atoms with Gasteiger partial charge in [-0.25, -0.2) is 8.42 Å². The minimum absolute atomic E-state index is 0.0129. The topological polar surface area (TPSA) is 87.8 Å². The predicted molar refractivity (Wildman–Crippen MR) is 77.9 cm³/mol. The second-order valence-electron chi connectivity index (χ2n) is 3.86. The van der Waals surface area contributed by atoms with Crippen LogP contribution in [0.25, 0.3) is 0 Å². The molecule has 1 aromatic heterocycles. The van der Waals surface area contributed by atoms with Crippen molar-refractivity contribution in [2.24, 2.45) is 7.05 Å². The standard InChI is InChI=1S/C11H8BrClN4O2S/c1-17-6-7(5-14)11(15-17)16-20(18,19)8-2-3-10(13)9(12)4-8/h2-4,6H,1H3,(H,15,16). The zero-order valence-corrected chi connectivity index (χ0v) is 13.3. The molecule has 0 spiro atoms. The number of aromatic nitrogens is 2. The summed E-state index contributed by atoms with van der Waals surface area (Å²) in [4.78, 5) is 0.0170. The number of anilines is 1. The van der Waals surface area contributed by atoms with Gasteiger partial charge in [0, 0.05) is 17.7 Å². The Morgan fingerprint density at radius 3 is 2.80 bits per heavy atom. The lowest BCUT2D eigenvalue weighted by molar-refractivity contribution is 0.601. The molecule has 0 radical (unpaired) electrons. The number of rotatable bonds is 3. The van der Waals surface area contributed by atoms with Gasteiger partial charge < -0.3 is 0 Å². The van der Waals surface area contributed by atoms with Crippen molar-refractivity contribution in [2.45, 2.75) is 4.90 Å². The molecule has 6 nitrogen and oxygen atoms in total. The number of halogens is 2. The summed E-state index contributed by atoms with van der Waals surface area (Å²) in [6.07, 6.45) is 1.43. The first-order valence-electron chi connectivity index (χ1n) is 5.25. The van der Waals surface area contributed by atoms with Crippen LogP contribution in [0, 0.1) is 11.3 Å². The Hall–Kier alpha value is -1.56. The molecule has 0 unspecified atom stereocenters. The maximum atomic E-state index is 12.2. The van der Waals surface area contributed by atoms with E-state index in [2.05, 4.69) is 25.8 Å². The molecule has 2 aromatic rings. The van der Waals surface area contributed by atoms with Gasteiger partial charge in [-0.2, -0.15) is 10.4 Å². The normalized spacial score (nSPS) is 11.1. The molecule has 0 bridgehead atoms. The molecule has 0 amide bonds. The molecule has 104 valence electrons. The average Bonchev–Trinajstić information content (AvgIpc) is 2.72. The molecule has 0 saturated carbocycles. The minimum Gasteiger partial charge on any atom is -0.272 e. The highest BCUT2D eigenvalue weighted by Gasteiger charge is 2.19. The van der Waals surface area contributed by atoms with Crippen LogP contribution in [-0.2, 0) is 17.1 Å². The van der Waals surface area contributed by atoms with Gasteiger partial charge in [0.25, 0.3) is 10.0 Å². The van der Waals surface area contributed by atoms with Gasteiger partial charge in [-0.15, -0.1) is 0 Å². The summed E-state index contributed by atoms with van der Waals surface area (Å²) in [6, 6.07) is 6.07. The largest absolute Gasteiger partial charge is 0.272 e. The van der Waals surface area contributed by atoms with Crippen molar-refractivity contribution in [2.75, 3.05) is 4.72 Å². The third-order valence-electron chi connectivity index (χ3n) is 2.38. The molecular weight excluding hydrogens is 368 g/mol. The summed E-state index contributed by atoms with van der Waals surface area (Å²) in [5, 5.41) is 13.2. The van der Waals surface area contributed by atoms with Crippen LogP contribution in [0.4, 0.5) is 5.82 Å². The molecule has 0 saturated heterocycles. The highest BCUT2D eigenvalue weighted by Crippen LogP contribution is 2.26. The van der Waals surface area contributed by atoms with E-state index < -0.39 is 10.0 Å². The van der Waals surface area contributed by atoms with Crippen molar-refractivity contribution in [1.82, 2.24) is 9.78 Å².